The maximum atomic E-state index is 12.7. The maximum Gasteiger partial charge on any atom is 0.193 e. The van der Waals surface area contributed by atoms with E-state index in [1.54, 1.807) is 39.5 Å². The van der Waals surface area contributed by atoms with E-state index >= 15 is 0 Å². The summed E-state index contributed by atoms with van der Waals surface area (Å²) in [7, 11) is 4.72. The van der Waals surface area contributed by atoms with E-state index in [4.69, 9.17) is 18.6 Å². The molecule has 136 valence electrons. The zero-order valence-corrected chi connectivity index (χ0v) is 15.2. The first-order valence-electron chi connectivity index (χ1n) is 8.42. The molecule has 0 radical (unpaired) electrons. The second-order valence-corrected chi connectivity index (χ2v) is 6.05. The Morgan fingerprint density at radius 2 is 1.63 bits per heavy atom. The van der Waals surface area contributed by atoms with E-state index in [0.29, 0.717) is 39.5 Å². The molecule has 1 heterocycles. The van der Waals surface area contributed by atoms with E-state index in [-0.39, 0.29) is 5.43 Å². The van der Waals surface area contributed by atoms with E-state index in [2.05, 4.69) is 0 Å². The van der Waals surface area contributed by atoms with Crippen LogP contribution in [-0.2, 0) is 0 Å². The summed E-state index contributed by atoms with van der Waals surface area (Å²) in [6.45, 7) is 0. The summed E-state index contributed by atoms with van der Waals surface area (Å²) >= 11 is 0. The molecule has 0 N–H and O–H groups in total. The molecule has 0 aliphatic carbocycles. The zero-order chi connectivity index (χ0) is 19.0. The van der Waals surface area contributed by atoms with Crippen LogP contribution in [0.1, 0.15) is 0 Å². The van der Waals surface area contributed by atoms with Gasteiger partial charge >= 0.3 is 0 Å². The van der Waals surface area contributed by atoms with Gasteiger partial charge in [0.15, 0.2) is 16.9 Å². The van der Waals surface area contributed by atoms with Gasteiger partial charge in [-0.15, -0.1) is 0 Å². The third kappa shape index (κ3) is 2.77. The molecule has 4 rings (SSSR count). The summed E-state index contributed by atoms with van der Waals surface area (Å²) in [6.07, 6.45) is 0. The lowest BCUT2D eigenvalue weighted by atomic mass is 10.00. The minimum absolute atomic E-state index is 0.136. The molecule has 4 aromatic rings. The summed E-state index contributed by atoms with van der Waals surface area (Å²) < 4.78 is 22.5. The highest BCUT2D eigenvalue weighted by atomic mass is 16.5. The normalized spacial score (nSPS) is 10.9. The van der Waals surface area contributed by atoms with Crippen LogP contribution in [0.4, 0.5) is 0 Å². The van der Waals surface area contributed by atoms with Crippen LogP contribution in [0, 0.1) is 0 Å². The van der Waals surface area contributed by atoms with E-state index < -0.39 is 0 Å². The summed E-state index contributed by atoms with van der Waals surface area (Å²) in [4.78, 5) is 12.7. The van der Waals surface area contributed by atoms with Crippen LogP contribution in [-0.4, -0.2) is 21.3 Å². The molecule has 3 aromatic carbocycles. The van der Waals surface area contributed by atoms with Crippen LogP contribution in [0.3, 0.4) is 0 Å². The lowest BCUT2D eigenvalue weighted by Crippen LogP contribution is -2.02. The molecule has 5 nitrogen and oxygen atoms in total. The number of hydrogen-bond acceptors (Lipinski definition) is 5. The Morgan fingerprint density at radius 1 is 0.815 bits per heavy atom. The lowest BCUT2D eigenvalue weighted by molar-refractivity contribution is 0.356. The number of rotatable bonds is 4. The molecule has 0 saturated heterocycles. The maximum absolute atomic E-state index is 12.7. The fourth-order valence-electron chi connectivity index (χ4n) is 3.29. The molecule has 0 aliphatic heterocycles. The summed E-state index contributed by atoms with van der Waals surface area (Å²) in [5.74, 6) is 2.11. The van der Waals surface area contributed by atoms with Crippen molar-refractivity contribution in [3.05, 3.63) is 64.8 Å². The standard InChI is InChI=1S/C22H18O5/c1-24-14-8-9-16-17(23)12-19(27-18(16)11-14)21-15-7-5-4-6-13(15)10-20(25-2)22(21)26-3/h4-12H,1-3H3. The van der Waals surface area contributed by atoms with E-state index in [1.807, 2.05) is 30.3 Å². The predicted molar refractivity (Wildman–Crippen MR) is 105 cm³/mol. The average Bonchev–Trinajstić information content (AvgIpc) is 2.71. The Balaban J connectivity index is 2.11. The number of ether oxygens (including phenoxy) is 3. The van der Waals surface area contributed by atoms with Crippen molar-refractivity contribution in [2.45, 2.75) is 0 Å². The van der Waals surface area contributed by atoms with Gasteiger partial charge in [0.1, 0.15) is 17.1 Å². The molecule has 27 heavy (non-hydrogen) atoms. The highest BCUT2D eigenvalue weighted by molar-refractivity contribution is 6.01. The van der Waals surface area contributed by atoms with Gasteiger partial charge in [-0.05, 0) is 29.0 Å². The zero-order valence-electron chi connectivity index (χ0n) is 15.2. The van der Waals surface area contributed by atoms with Crippen molar-refractivity contribution in [2.24, 2.45) is 0 Å². The second-order valence-electron chi connectivity index (χ2n) is 6.05. The third-order valence-corrected chi connectivity index (χ3v) is 4.57. The summed E-state index contributed by atoms with van der Waals surface area (Å²) in [6, 6.07) is 16.3. The smallest absolute Gasteiger partial charge is 0.193 e. The fourth-order valence-corrected chi connectivity index (χ4v) is 3.29. The van der Waals surface area contributed by atoms with E-state index in [9.17, 15) is 4.79 Å². The molecule has 0 fully saturated rings. The van der Waals surface area contributed by atoms with Crippen molar-refractivity contribution in [3.63, 3.8) is 0 Å². The Bertz CT molecular complexity index is 1210. The first kappa shape index (κ1) is 17.0. The Hall–Kier alpha value is -3.47. The van der Waals surface area contributed by atoms with Gasteiger partial charge in [-0.25, -0.2) is 0 Å². The van der Waals surface area contributed by atoms with Crippen molar-refractivity contribution in [1.82, 2.24) is 0 Å². The van der Waals surface area contributed by atoms with Gasteiger partial charge in [-0.2, -0.15) is 0 Å². The Labute approximate surface area is 155 Å². The molecule has 0 saturated carbocycles. The van der Waals surface area contributed by atoms with Gasteiger partial charge in [0.2, 0.25) is 0 Å². The van der Waals surface area contributed by atoms with Crippen LogP contribution in [0.15, 0.2) is 63.8 Å². The number of methoxy groups -OCH3 is 3. The summed E-state index contributed by atoms with van der Waals surface area (Å²) in [5, 5.41) is 2.35. The topological polar surface area (TPSA) is 57.9 Å². The van der Waals surface area contributed by atoms with E-state index in [1.165, 1.54) is 6.07 Å². The highest BCUT2D eigenvalue weighted by Gasteiger charge is 2.20. The van der Waals surface area contributed by atoms with Crippen molar-refractivity contribution in [1.29, 1.82) is 0 Å². The van der Waals surface area contributed by atoms with Crippen LogP contribution < -0.4 is 19.6 Å². The van der Waals surface area contributed by atoms with Gasteiger partial charge in [0.25, 0.3) is 0 Å². The minimum atomic E-state index is -0.136. The highest BCUT2D eigenvalue weighted by Crippen LogP contribution is 2.44. The lowest BCUT2D eigenvalue weighted by Gasteiger charge is -2.15. The Kier molecular flexibility index (Phi) is 4.20. The molecule has 0 atom stereocenters. The number of fused-ring (bicyclic) bond motifs is 2. The number of hydrogen-bond donors (Lipinski definition) is 0. The van der Waals surface area contributed by atoms with Gasteiger partial charge in [0.05, 0.1) is 32.3 Å². The molecule has 1 aromatic heterocycles. The molecule has 0 bridgehead atoms. The third-order valence-electron chi connectivity index (χ3n) is 4.57. The van der Waals surface area contributed by atoms with Gasteiger partial charge in [-0.3, -0.25) is 4.79 Å². The first-order chi connectivity index (χ1) is 13.2. The molecule has 0 amide bonds. The molecule has 0 spiro atoms. The largest absolute Gasteiger partial charge is 0.497 e. The second kappa shape index (κ2) is 6.68. The van der Waals surface area contributed by atoms with Crippen LogP contribution >= 0.6 is 0 Å². The molecule has 5 heteroatoms. The van der Waals surface area contributed by atoms with Gasteiger partial charge < -0.3 is 18.6 Å². The van der Waals surface area contributed by atoms with Gasteiger partial charge in [-0.1, -0.05) is 24.3 Å². The van der Waals surface area contributed by atoms with Gasteiger partial charge in [0, 0.05) is 12.1 Å². The Morgan fingerprint density at radius 3 is 2.37 bits per heavy atom. The summed E-state index contributed by atoms with van der Waals surface area (Å²) in [5.41, 5.74) is 0.989. The van der Waals surface area contributed by atoms with Crippen molar-refractivity contribution in [2.75, 3.05) is 21.3 Å². The average molecular weight is 362 g/mol. The minimum Gasteiger partial charge on any atom is -0.497 e. The SMILES string of the molecule is COc1ccc2c(=O)cc(-c3c(OC)c(OC)cc4ccccc34)oc2c1. The molecular formula is C22H18O5. The predicted octanol–water partition coefficient (Wildman–Crippen LogP) is 4.64. The van der Waals surface area contributed by atoms with Crippen molar-refractivity contribution >= 4 is 21.7 Å². The quantitative estimate of drug-likeness (QED) is 0.529. The van der Waals surface area contributed by atoms with Crippen molar-refractivity contribution in [3.8, 4) is 28.6 Å². The first-order valence-corrected chi connectivity index (χ1v) is 8.42. The molecular weight excluding hydrogens is 344 g/mol. The monoisotopic (exact) mass is 362 g/mol. The number of benzene rings is 3. The molecule has 0 aliphatic rings. The van der Waals surface area contributed by atoms with E-state index in [0.717, 1.165) is 10.8 Å². The van der Waals surface area contributed by atoms with Crippen LogP contribution in [0.5, 0.6) is 17.2 Å². The van der Waals surface area contributed by atoms with Crippen LogP contribution in [0.25, 0.3) is 33.1 Å². The molecule has 0 unspecified atom stereocenters. The van der Waals surface area contributed by atoms with Crippen molar-refractivity contribution < 1.29 is 18.6 Å². The fraction of sp³-hybridized carbons (Fsp3) is 0.136. The van der Waals surface area contributed by atoms with Crippen LogP contribution in [0.2, 0.25) is 0 Å².